The van der Waals surface area contributed by atoms with Gasteiger partial charge in [-0.15, -0.1) is 0 Å². The Balaban J connectivity index is 2.20. The van der Waals surface area contributed by atoms with E-state index in [1.807, 2.05) is 52.0 Å². The van der Waals surface area contributed by atoms with Crippen molar-refractivity contribution in [3.05, 3.63) is 54.1 Å². The zero-order valence-corrected chi connectivity index (χ0v) is 24.1. The molecule has 0 spiro atoms. The van der Waals surface area contributed by atoms with Crippen LogP contribution < -0.4 is 19.1 Å². The third-order valence-electron chi connectivity index (χ3n) is 5.92. The van der Waals surface area contributed by atoms with Crippen LogP contribution in [0.5, 0.6) is 11.5 Å². The summed E-state index contributed by atoms with van der Waals surface area (Å²) < 4.78 is 37.0. The lowest BCUT2D eigenvalue weighted by atomic mass is 10.1. The molecule has 2 amide bonds. The van der Waals surface area contributed by atoms with E-state index < -0.39 is 16.1 Å². The topological polar surface area (TPSA) is 105 Å². The van der Waals surface area contributed by atoms with Gasteiger partial charge in [-0.1, -0.05) is 19.1 Å². The van der Waals surface area contributed by atoms with Crippen LogP contribution in [0.3, 0.4) is 0 Å². The second kappa shape index (κ2) is 14.6. The number of rotatable bonds is 15. The Hall–Kier alpha value is -3.27. The molecule has 2 aromatic carbocycles. The molecular formula is C28H41N3O6S. The summed E-state index contributed by atoms with van der Waals surface area (Å²) in [5.74, 6) is 0.925. The second-order valence-corrected chi connectivity index (χ2v) is 11.2. The van der Waals surface area contributed by atoms with Crippen molar-refractivity contribution in [3.8, 4) is 11.5 Å². The minimum absolute atomic E-state index is 0.0630. The zero-order valence-electron chi connectivity index (χ0n) is 23.3. The molecule has 0 aliphatic rings. The molecule has 2 rings (SSSR count). The van der Waals surface area contributed by atoms with Crippen molar-refractivity contribution in [2.24, 2.45) is 0 Å². The predicted octanol–water partition coefficient (Wildman–Crippen LogP) is 3.97. The molecule has 9 nitrogen and oxygen atoms in total. The molecule has 2 aromatic rings. The maximum atomic E-state index is 13.5. The average molecular weight is 548 g/mol. The van der Waals surface area contributed by atoms with Crippen LogP contribution in [0.1, 0.15) is 52.5 Å². The summed E-state index contributed by atoms with van der Waals surface area (Å²) in [4.78, 5) is 28.0. The Morgan fingerprint density at radius 3 is 2.08 bits per heavy atom. The number of nitrogens with zero attached hydrogens (tertiary/aromatic N) is 2. The van der Waals surface area contributed by atoms with Gasteiger partial charge in [-0.2, -0.15) is 0 Å². The molecule has 0 bridgehead atoms. The fraction of sp³-hybridized carbons (Fsp3) is 0.500. The van der Waals surface area contributed by atoms with Gasteiger partial charge in [0.25, 0.3) is 0 Å². The van der Waals surface area contributed by atoms with Gasteiger partial charge < -0.3 is 19.7 Å². The lowest BCUT2D eigenvalue weighted by molar-refractivity contribution is -0.141. The molecule has 0 saturated heterocycles. The smallest absolute Gasteiger partial charge is 0.243 e. The molecular weight excluding hydrogens is 506 g/mol. The van der Waals surface area contributed by atoms with Gasteiger partial charge in [0.05, 0.1) is 25.7 Å². The van der Waals surface area contributed by atoms with Gasteiger partial charge in [0, 0.05) is 25.6 Å². The number of anilines is 1. The molecule has 0 radical (unpaired) electrons. The summed E-state index contributed by atoms with van der Waals surface area (Å²) in [7, 11) is -1.99. The highest BCUT2D eigenvalue weighted by Crippen LogP contribution is 2.23. The minimum Gasteiger partial charge on any atom is -0.497 e. The van der Waals surface area contributed by atoms with Gasteiger partial charge in [0.1, 0.15) is 17.5 Å². The Bertz CT molecular complexity index is 1130. The number of benzene rings is 2. The third kappa shape index (κ3) is 9.24. The summed E-state index contributed by atoms with van der Waals surface area (Å²) in [5.41, 5.74) is 1.36. The second-order valence-electron chi connectivity index (χ2n) is 9.32. The molecule has 210 valence electrons. The maximum Gasteiger partial charge on any atom is 0.243 e. The van der Waals surface area contributed by atoms with Gasteiger partial charge >= 0.3 is 0 Å². The van der Waals surface area contributed by atoms with Crippen molar-refractivity contribution in [1.29, 1.82) is 0 Å². The van der Waals surface area contributed by atoms with E-state index in [2.05, 4.69) is 5.32 Å². The van der Waals surface area contributed by atoms with Crippen LogP contribution in [0.2, 0.25) is 0 Å². The number of sulfonamides is 1. The molecule has 0 aromatic heterocycles. The molecule has 38 heavy (non-hydrogen) atoms. The zero-order chi connectivity index (χ0) is 28.3. The molecule has 1 N–H and O–H groups in total. The van der Waals surface area contributed by atoms with Crippen LogP contribution in [0, 0.1) is 0 Å². The molecule has 0 aliphatic heterocycles. The van der Waals surface area contributed by atoms with Gasteiger partial charge in [-0.05, 0) is 75.6 Å². The van der Waals surface area contributed by atoms with E-state index in [0.29, 0.717) is 36.6 Å². The maximum absolute atomic E-state index is 13.5. The quantitative estimate of drug-likeness (QED) is 0.362. The van der Waals surface area contributed by atoms with E-state index in [1.54, 1.807) is 36.3 Å². The number of hydrogen-bond donors (Lipinski definition) is 1. The Morgan fingerprint density at radius 1 is 0.974 bits per heavy atom. The number of carbonyl (C=O) groups is 2. The molecule has 0 aliphatic carbocycles. The first kappa shape index (κ1) is 31.0. The molecule has 0 saturated carbocycles. The van der Waals surface area contributed by atoms with E-state index in [4.69, 9.17) is 9.47 Å². The van der Waals surface area contributed by atoms with Crippen molar-refractivity contribution in [3.63, 3.8) is 0 Å². The molecule has 0 unspecified atom stereocenters. The number of ether oxygens (including phenoxy) is 2. The van der Waals surface area contributed by atoms with E-state index in [1.165, 1.54) is 4.31 Å². The summed E-state index contributed by atoms with van der Waals surface area (Å²) >= 11 is 0. The lowest BCUT2D eigenvalue weighted by Crippen LogP contribution is -2.50. The molecule has 10 heteroatoms. The number of amides is 2. The van der Waals surface area contributed by atoms with Crippen LogP contribution in [0.15, 0.2) is 48.5 Å². The van der Waals surface area contributed by atoms with Crippen molar-refractivity contribution in [2.75, 3.05) is 30.8 Å². The normalized spacial score (nSPS) is 12.1. The number of hydrogen-bond acceptors (Lipinski definition) is 6. The van der Waals surface area contributed by atoms with Gasteiger partial charge in [-0.3, -0.25) is 13.9 Å². The van der Waals surface area contributed by atoms with Gasteiger partial charge in [0.2, 0.25) is 21.8 Å². The third-order valence-corrected chi connectivity index (χ3v) is 7.11. The number of nitrogens with one attached hydrogen (secondary N) is 1. The molecule has 0 heterocycles. The van der Waals surface area contributed by atoms with Crippen LogP contribution in [-0.2, 0) is 26.2 Å². The molecule has 1 atom stereocenters. The van der Waals surface area contributed by atoms with Crippen molar-refractivity contribution in [2.45, 2.75) is 65.6 Å². The highest BCUT2D eigenvalue weighted by Gasteiger charge is 2.29. The Labute approximate surface area is 227 Å². The Kier molecular flexibility index (Phi) is 11.9. The number of methoxy groups -OCH3 is 1. The lowest BCUT2D eigenvalue weighted by Gasteiger charge is -2.31. The van der Waals surface area contributed by atoms with Crippen LogP contribution in [0.25, 0.3) is 0 Å². The Morgan fingerprint density at radius 2 is 1.58 bits per heavy atom. The first-order chi connectivity index (χ1) is 18.0. The largest absolute Gasteiger partial charge is 0.497 e. The number of carbonyl (C=O) groups excluding carboxylic acids is 2. The minimum atomic E-state index is -3.57. The first-order valence-corrected chi connectivity index (χ1v) is 14.8. The predicted molar refractivity (Wildman–Crippen MR) is 150 cm³/mol. The fourth-order valence-corrected chi connectivity index (χ4v) is 5.07. The summed E-state index contributed by atoms with van der Waals surface area (Å²) in [6.45, 7) is 8.39. The van der Waals surface area contributed by atoms with Crippen molar-refractivity contribution < 1.29 is 27.5 Å². The fourth-order valence-electron chi connectivity index (χ4n) is 4.11. The van der Waals surface area contributed by atoms with E-state index >= 15 is 0 Å². The van der Waals surface area contributed by atoms with Gasteiger partial charge in [-0.25, -0.2) is 8.42 Å². The highest BCUT2D eigenvalue weighted by molar-refractivity contribution is 7.92. The standard InChI is InChI=1S/C28H41N3O6S/c1-7-26(28(33)29-21(3)4)30(20-22-11-15-24(36-5)16-12-22)27(32)10-9-19-31(38(6,34)35)23-13-17-25(18-14-23)37-8-2/h11-18,21,26H,7-10,19-20H2,1-6H3,(H,29,33)/t26-/m1/s1. The van der Waals surface area contributed by atoms with Crippen molar-refractivity contribution >= 4 is 27.5 Å². The molecule has 0 fully saturated rings. The van der Waals surface area contributed by atoms with Crippen LogP contribution in [-0.4, -0.2) is 63.7 Å². The summed E-state index contributed by atoms with van der Waals surface area (Å²) in [6, 6.07) is 13.5. The van der Waals surface area contributed by atoms with Crippen LogP contribution in [0.4, 0.5) is 5.69 Å². The van der Waals surface area contributed by atoms with E-state index in [0.717, 1.165) is 11.8 Å². The monoisotopic (exact) mass is 547 g/mol. The van der Waals surface area contributed by atoms with E-state index in [-0.39, 0.29) is 37.4 Å². The highest BCUT2D eigenvalue weighted by atomic mass is 32.2. The van der Waals surface area contributed by atoms with Crippen LogP contribution >= 0.6 is 0 Å². The summed E-state index contributed by atoms with van der Waals surface area (Å²) in [6.07, 6.45) is 1.97. The SMILES string of the molecule is CCOc1ccc(N(CCCC(=O)N(Cc2ccc(OC)cc2)[C@H](CC)C(=O)NC(C)C)S(C)(=O)=O)cc1. The first-order valence-electron chi connectivity index (χ1n) is 12.9. The van der Waals surface area contributed by atoms with Crippen molar-refractivity contribution in [1.82, 2.24) is 10.2 Å². The summed E-state index contributed by atoms with van der Waals surface area (Å²) in [5, 5.41) is 2.91. The van der Waals surface area contributed by atoms with E-state index in [9.17, 15) is 18.0 Å². The average Bonchev–Trinajstić information content (AvgIpc) is 2.86. The van der Waals surface area contributed by atoms with Gasteiger partial charge in [0.15, 0.2) is 0 Å².